The molecule has 0 spiro atoms. The summed E-state index contributed by atoms with van der Waals surface area (Å²) in [5, 5.41) is 22.9. The second-order valence-corrected chi connectivity index (χ2v) is 9.26. The first-order valence-electron chi connectivity index (χ1n) is 10.8. The number of carbonyl (C=O) groups excluding carboxylic acids is 1. The Morgan fingerprint density at radius 2 is 2.00 bits per heavy atom. The number of nitriles is 1. The molecule has 1 aliphatic rings. The highest BCUT2D eigenvalue weighted by molar-refractivity contribution is 7.18. The van der Waals surface area contributed by atoms with Crippen LogP contribution in [-0.2, 0) is 4.79 Å². The van der Waals surface area contributed by atoms with Crippen LogP contribution in [0.1, 0.15) is 38.8 Å². The lowest BCUT2D eigenvalue weighted by molar-refractivity contribution is -0.139. The van der Waals surface area contributed by atoms with Crippen molar-refractivity contribution in [3.05, 3.63) is 76.3 Å². The van der Waals surface area contributed by atoms with E-state index in [9.17, 15) is 20.0 Å². The molecule has 1 amide bonds. The monoisotopic (exact) mass is 485 g/mol. The summed E-state index contributed by atoms with van der Waals surface area (Å²) in [6.45, 7) is 2.21. The highest BCUT2D eigenvalue weighted by Gasteiger charge is 2.29. The maximum Gasteiger partial charge on any atom is 0.311 e. The van der Waals surface area contributed by atoms with Crippen molar-refractivity contribution in [1.82, 2.24) is 4.98 Å². The van der Waals surface area contributed by atoms with Crippen LogP contribution in [0.4, 0.5) is 5.69 Å². The number of rotatable bonds is 5. The van der Waals surface area contributed by atoms with Crippen LogP contribution < -0.4 is 14.8 Å². The molecule has 174 valence electrons. The second-order valence-electron chi connectivity index (χ2n) is 8.02. The van der Waals surface area contributed by atoms with Crippen LogP contribution in [0.2, 0.25) is 0 Å². The predicted molar refractivity (Wildman–Crippen MR) is 130 cm³/mol. The lowest BCUT2D eigenvalue weighted by Gasteiger charge is -2.24. The molecule has 2 N–H and O–H groups in total. The molecule has 0 radical (unpaired) electrons. The third-order valence-corrected chi connectivity index (χ3v) is 6.60. The van der Waals surface area contributed by atoms with Gasteiger partial charge in [0.25, 0.3) is 5.91 Å². The van der Waals surface area contributed by atoms with Gasteiger partial charge in [-0.25, -0.2) is 4.98 Å². The van der Waals surface area contributed by atoms with Crippen molar-refractivity contribution < 1.29 is 24.2 Å². The van der Waals surface area contributed by atoms with E-state index < -0.39 is 11.9 Å². The molecule has 0 saturated carbocycles. The number of nitrogens with zero attached hydrogens (tertiary/aromatic N) is 2. The number of hydrogen-bond acceptors (Lipinski definition) is 7. The van der Waals surface area contributed by atoms with E-state index in [4.69, 9.17) is 9.47 Å². The number of thiazole rings is 1. The largest absolute Gasteiger partial charge is 0.493 e. The molecule has 0 bridgehead atoms. The van der Waals surface area contributed by atoms with Gasteiger partial charge in [0.15, 0.2) is 0 Å². The van der Waals surface area contributed by atoms with E-state index in [2.05, 4.69) is 16.4 Å². The fourth-order valence-corrected chi connectivity index (χ4v) is 4.83. The van der Waals surface area contributed by atoms with Gasteiger partial charge in [-0.05, 0) is 61.9 Å². The number of nitrogens with one attached hydrogen (secondary N) is 1. The highest BCUT2D eigenvalue weighted by atomic mass is 32.1. The zero-order valence-corrected chi connectivity index (χ0v) is 19.4. The lowest BCUT2D eigenvalue weighted by Crippen LogP contribution is -2.21. The van der Waals surface area contributed by atoms with Gasteiger partial charge in [0.2, 0.25) is 0 Å². The Bertz CT molecular complexity index is 1500. The van der Waals surface area contributed by atoms with Crippen molar-refractivity contribution in [3.8, 4) is 23.3 Å². The molecule has 1 unspecified atom stereocenters. The van der Waals surface area contributed by atoms with Crippen LogP contribution in [0.25, 0.3) is 10.2 Å². The van der Waals surface area contributed by atoms with E-state index in [1.165, 1.54) is 6.07 Å². The van der Waals surface area contributed by atoms with Crippen LogP contribution in [0.5, 0.6) is 17.2 Å². The van der Waals surface area contributed by atoms with E-state index in [0.717, 1.165) is 15.2 Å². The highest BCUT2D eigenvalue weighted by Crippen LogP contribution is 2.39. The Morgan fingerprint density at radius 3 is 2.74 bits per heavy atom. The molecule has 4 aromatic rings. The Morgan fingerprint density at radius 1 is 1.20 bits per heavy atom. The fourth-order valence-electron chi connectivity index (χ4n) is 3.97. The Kier molecular flexibility index (Phi) is 5.81. The molecule has 9 heteroatoms. The minimum atomic E-state index is -0.955. The summed E-state index contributed by atoms with van der Waals surface area (Å²) >= 11 is 1.57. The summed E-state index contributed by atoms with van der Waals surface area (Å²) < 4.78 is 12.5. The molecule has 35 heavy (non-hydrogen) atoms. The van der Waals surface area contributed by atoms with Crippen molar-refractivity contribution in [2.24, 2.45) is 0 Å². The Balaban J connectivity index is 1.33. The van der Waals surface area contributed by atoms with Gasteiger partial charge in [0, 0.05) is 22.9 Å². The average molecular weight is 486 g/mol. The van der Waals surface area contributed by atoms with Crippen LogP contribution in [-0.4, -0.2) is 28.6 Å². The number of fused-ring (bicyclic) bond motifs is 2. The third-order valence-electron chi connectivity index (χ3n) is 5.67. The van der Waals surface area contributed by atoms with Crippen molar-refractivity contribution in [2.75, 3.05) is 11.9 Å². The molecule has 1 aromatic heterocycles. The minimum Gasteiger partial charge on any atom is -0.493 e. The summed E-state index contributed by atoms with van der Waals surface area (Å²) in [6, 6.07) is 17.2. The molecule has 2 heterocycles. The van der Waals surface area contributed by atoms with E-state index in [0.29, 0.717) is 34.7 Å². The zero-order chi connectivity index (χ0) is 24.5. The minimum absolute atomic E-state index is 0.205. The first-order valence-corrected chi connectivity index (χ1v) is 11.6. The molecule has 5 rings (SSSR count). The summed E-state index contributed by atoms with van der Waals surface area (Å²) in [5.74, 6) is -0.882. The summed E-state index contributed by atoms with van der Waals surface area (Å²) in [6.07, 6.45) is 0.342. The van der Waals surface area contributed by atoms with E-state index >= 15 is 0 Å². The van der Waals surface area contributed by atoms with Gasteiger partial charge in [-0.1, -0.05) is 0 Å². The summed E-state index contributed by atoms with van der Waals surface area (Å²) in [4.78, 5) is 28.7. The van der Waals surface area contributed by atoms with Gasteiger partial charge in [-0.3, -0.25) is 9.59 Å². The maximum atomic E-state index is 12.7. The summed E-state index contributed by atoms with van der Waals surface area (Å²) in [5.41, 5.74) is 2.69. The van der Waals surface area contributed by atoms with Gasteiger partial charge >= 0.3 is 5.97 Å². The van der Waals surface area contributed by atoms with Gasteiger partial charge < -0.3 is 19.9 Å². The first-order chi connectivity index (χ1) is 16.9. The Hall–Kier alpha value is -4.42. The fraction of sp³-hybridized carbons (Fsp3) is 0.154. The van der Waals surface area contributed by atoms with Crippen molar-refractivity contribution in [3.63, 3.8) is 0 Å². The zero-order valence-electron chi connectivity index (χ0n) is 18.6. The number of carboxylic acids is 1. The van der Waals surface area contributed by atoms with Crippen molar-refractivity contribution in [2.45, 2.75) is 19.3 Å². The molecular formula is C26H19N3O5S. The second kappa shape index (κ2) is 9.08. The average Bonchev–Trinajstić information content (AvgIpc) is 3.22. The summed E-state index contributed by atoms with van der Waals surface area (Å²) in [7, 11) is 0. The number of aromatic nitrogens is 1. The standard InChI is InChI=1S/C26H19N3O5S/c1-14-28-21-7-4-17(11-24(21)35-14)29-25(30)15-2-5-18(6-3-15)34-22-12-23-20(10-16(22)13-27)19(26(31)32)8-9-33-23/h2-7,10-12,19H,8-9H2,1H3,(H,29,30)(H,31,32). The van der Waals surface area contributed by atoms with E-state index in [1.54, 1.807) is 41.7 Å². The third kappa shape index (κ3) is 4.52. The molecule has 0 fully saturated rings. The molecular weight excluding hydrogens is 466 g/mol. The number of aliphatic carboxylic acids is 1. The topological polar surface area (TPSA) is 122 Å². The van der Waals surface area contributed by atoms with Crippen molar-refractivity contribution >= 4 is 39.1 Å². The lowest BCUT2D eigenvalue weighted by atomic mass is 9.91. The van der Waals surface area contributed by atoms with Gasteiger partial charge in [-0.15, -0.1) is 11.3 Å². The first kappa shape index (κ1) is 22.4. The van der Waals surface area contributed by atoms with Crippen LogP contribution in [0.15, 0.2) is 54.6 Å². The maximum absolute atomic E-state index is 12.7. The number of ether oxygens (including phenoxy) is 2. The molecule has 3 aromatic carbocycles. The molecule has 1 atom stereocenters. The number of amides is 1. The number of aryl methyl sites for hydroxylation is 1. The quantitative estimate of drug-likeness (QED) is 0.384. The molecule has 0 saturated heterocycles. The smallest absolute Gasteiger partial charge is 0.311 e. The normalized spacial score (nSPS) is 14.5. The number of anilines is 1. The number of benzene rings is 3. The van der Waals surface area contributed by atoms with Crippen molar-refractivity contribution in [1.29, 1.82) is 5.26 Å². The number of carboxylic acid groups (broad SMARTS) is 1. The van der Waals surface area contributed by atoms with Gasteiger partial charge in [-0.2, -0.15) is 5.26 Å². The number of carbonyl (C=O) groups is 2. The number of hydrogen-bond donors (Lipinski definition) is 2. The molecule has 1 aliphatic heterocycles. The van der Waals surface area contributed by atoms with Crippen LogP contribution in [0, 0.1) is 18.3 Å². The van der Waals surface area contributed by atoms with Gasteiger partial charge in [0.05, 0.1) is 33.3 Å². The van der Waals surface area contributed by atoms with Crippen LogP contribution >= 0.6 is 11.3 Å². The SMILES string of the molecule is Cc1nc2ccc(NC(=O)c3ccc(Oc4cc5c(cc4C#N)C(C(=O)O)CCO5)cc3)cc2s1. The molecule has 8 nitrogen and oxygen atoms in total. The van der Waals surface area contributed by atoms with E-state index in [-0.39, 0.29) is 23.8 Å². The van der Waals surface area contributed by atoms with E-state index in [1.807, 2.05) is 25.1 Å². The molecule has 0 aliphatic carbocycles. The Labute approximate surface area is 204 Å². The predicted octanol–water partition coefficient (Wildman–Crippen LogP) is 5.47. The van der Waals surface area contributed by atoms with Crippen LogP contribution in [0.3, 0.4) is 0 Å². The van der Waals surface area contributed by atoms with Gasteiger partial charge in [0.1, 0.15) is 23.3 Å².